The van der Waals surface area contributed by atoms with Gasteiger partial charge in [0, 0.05) is 5.92 Å². The van der Waals surface area contributed by atoms with Crippen LogP contribution in [0.2, 0.25) is 0 Å². The van der Waals surface area contributed by atoms with Crippen molar-refractivity contribution in [1.29, 1.82) is 0 Å². The van der Waals surface area contributed by atoms with Crippen molar-refractivity contribution in [1.82, 2.24) is 0 Å². The number of hydrogen-bond acceptors (Lipinski definition) is 2. The van der Waals surface area contributed by atoms with E-state index in [1.165, 1.54) is 6.42 Å². The zero-order chi connectivity index (χ0) is 8.27. The molecule has 1 aliphatic carbocycles. The quantitative estimate of drug-likeness (QED) is 0.618. The first-order chi connectivity index (χ1) is 5.25. The zero-order valence-corrected chi connectivity index (χ0v) is 6.75. The number of hydrogen-bond donors (Lipinski definition) is 1. The highest BCUT2D eigenvalue weighted by atomic mass is 16.1. The molecule has 1 atom stereocenters. The highest BCUT2D eigenvalue weighted by Gasteiger charge is 2.28. The molecule has 0 aromatic heterocycles. The van der Waals surface area contributed by atoms with Crippen LogP contribution >= 0.6 is 0 Å². The Balaban J connectivity index is 2.32. The van der Waals surface area contributed by atoms with Crippen LogP contribution in [-0.2, 0) is 4.79 Å². The highest BCUT2D eigenvalue weighted by molar-refractivity contribution is 5.86. The number of nitrogens with two attached hydrogens (primary N) is 1. The van der Waals surface area contributed by atoms with Crippen LogP contribution in [0.15, 0.2) is 12.7 Å². The summed E-state index contributed by atoms with van der Waals surface area (Å²) in [6, 6.07) is -0.294. The fraction of sp³-hybridized carbons (Fsp3) is 0.667. The third kappa shape index (κ3) is 1.90. The van der Waals surface area contributed by atoms with Crippen molar-refractivity contribution >= 4 is 5.78 Å². The van der Waals surface area contributed by atoms with Crippen LogP contribution in [0.25, 0.3) is 0 Å². The summed E-state index contributed by atoms with van der Waals surface area (Å²) in [6.45, 7) is 3.55. The van der Waals surface area contributed by atoms with E-state index in [1.807, 2.05) is 0 Å². The summed E-state index contributed by atoms with van der Waals surface area (Å²) in [6.07, 6.45) is 5.61. The minimum Gasteiger partial charge on any atom is -0.321 e. The second-order valence-electron chi connectivity index (χ2n) is 3.16. The molecule has 0 aliphatic heterocycles. The molecule has 1 unspecified atom stereocenters. The Morgan fingerprint density at radius 3 is 2.73 bits per heavy atom. The van der Waals surface area contributed by atoms with Gasteiger partial charge in [0.05, 0.1) is 6.04 Å². The van der Waals surface area contributed by atoms with Gasteiger partial charge in [-0.15, -0.1) is 6.58 Å². The molecule has 0 aromatic rings. The summed E-state index contributed by atoms with van der Waals surface area (Å²) in [5, 5.41) is 0. The normalized spacial score (nSPS) is 20.5. The van der Waals surface area contributed by atoms with Crippen molar-refractivity contribution in [2.45, 2.75) is 31.7 Å². The van der Waals surface area contributed by atoms with E-state index in [4.69, 9.17) is 5.73 Å². The van der Waals surface area contributed by atoms with Crippen LogP contribution in [0.1, 0.15) is 25.7 Å². The summed E-state index contributed by atoms with van der Waals surface area (Å²) >= 11 is 0. The lowest BCUT2D eigenvalue weighted by Crippen LogP contribution is -2.37. The molecule has 1 fully saturated rings. The first-order valence-electron chi connectivity index (χ1n) is 4.16. The maximum Gasteiger partial charge on any atom is 0.152 e. The fourth-order valence-electron chi connectivity index (χ4n) is 1.29. The van der Waals surface area contributed by atoms with Gasteiger partial charge in [-0.2, -0.15) is 0 Å². The molecular weight excluding hydrogens is 138 g/mol. The smallest absolute Gasteiger partial charge is 0.152 e. The van der Waals surface area contributed by atoms with E-state index in [0.717, 1.165) is 12.8 Å². The van der Waals surface area contributed by atoms with Gasteiger partial charge in [-0.1, -0.05) is 12.5 Å². The minimum atomic E-state index is -0.294. The van der Waals surface area contributed by atoms with E-state index in [-0.39, 0.29) is 17.7 Å². The summed E-state index contributed by atoms with van der Waals surface area (Å²) in [5.74, 6) is 0.501. The summed E-state index contributed by atoms with van der Waals surface area (Å²) in [7, 11) is 0. The fourth-order valence-corrected chi connectivity index (χ4v) is 1.29. The maximum atomic E-state index is 11.3. The lowest BCUT2D eigenvalue weighted by molar-refractivity contribution is -0.126. The van der Waals surface area contributed by atoms with Crippen molar-refractivity contribution in [3.8, 4) is 0 Å². The Hall–Kier alpha value is -0.630. The van der Waals surface area contributed by atoms with E-state index in [1.54, 1.807) is 6.08 Å². The number of ketones is 1. The van der Waals surface area contributed by atoms with Crippen LogP contribution in [0.5, 0.6) is 0 Å². The average molecular weight is 153 g/mol. The van der Waals surface area contributed by atoms with E-state index in [2.05, 4.69) is 6.58 Å². The summed E-state index contributed by atoms with van der Waals surface area (Å²) in [4.78, 5) is 11.3. The van der Waals surface area contributed by atoms with Gasteiger partial charge in [0.25, 0.3) is 0 Å². The number of rotatable bonds is 4. The Morgan fingerprint density at radius 2 is 2.36 bits per heavy atom. The lowest BCUT2D eigenvalue weighted by atomic mass is 9.79. The molecule has 0 saturated heterocycles. The van der Waals surface area contributed by atoms with Crippen LogP contribution < -0.4 is 5.73 Å². The molecule has 0 spiro atoms. The molecule has 1 saturated carbocycles. The molecule has 1 aliphatic rings. The first-order valence-corrected chi connectivity index (χ1v) is 4.16. The van der Waals surface area contributed by atoms with Gasteiger partial charge in [0.2, 0.25) is 0 Å². The molecule has 0 radical (unpaired) electrons. The van der Waals surface area contributed by atoms with Crippen LogP contribution in [-0.4, -0.2) is 11.8 Å². The van der Waals surface area contributed by atoms with Crippen LogP contribution in [0.3, 0.4) is 0 Å². The SMILES string of the molecule is C=CCC(N)C(=O)C1CCC1. The molecule has 1 rings (SSSR count). The number of carbonyl (C=O) groups is 1. The van der Waals surface area contributed by atoms with Crippen molar-refractivity contribution < 1.29 is 4.79 Å². The minimum absolute atomic E-state index is 0.233. The van der Waals surface area contributed by atoms with Crippen molar-refractivity contribution in [2.75, 3.05) is 0 Å². The molecule has 0 amide bonds. The van der Waals surface area contributed by atoms with Gasteiger partial charge in [-0.3, -0.25) is 4.79 Å². The second kappa shape index (κ2) is 3.67. The lowest BCUT2D eigenvalue weighted by Gasteiger charge is -2.26. The van der Waals surface area contributed by atoms with Gasteiger partial charge in [-0.05, 0) is 19.3 Å². The summed E-state index contributed by atoms with van der Waals surface area (Å²) in [5.41, 5.74) is 5.62. The predicted molar refractivity (Wildman–Crippen MR) is 45.1 cm³/mol. The van der Waals surface area contributed by atoms with Gasteiger partial charge < -0.3 is 5.73 Å². The molecule has 0 aromatic carbocycles. The Kier molecular flexibility index (Phi) is 2.83. The maximum absolute atomic E-state index is 11.3. The molecule has 0 bridgehead atoms. The van der Waals surface area contributed by atoms with Crippen molar-refractivity contribution in [3.63, 3.8) is 0 Å². The number of carbonyl (C=O) groups excluding carboxylic acids is 1. The van der Waals surface area contributed by atoms with Crippen molar-refractivity contribution in [2.24, 2.45) is 11.7 Å². The highest BCUT2D eigenvalue weighted by Crippen LogP contribution is 2.28. The van der Waals surface area contributed by atoms with Gasteiger partial charge in [0.1, 0.15) is 0 Å². The Labute approximate surface area is 67.5 Å². The third-order valence-electron chi connectivity index (χ3n) is 2.29. The average Bonchev–Trinajstić information content (AvgIpc) is 1.84. The molecule has 2 N–H and O–H groups in total. The van der Waals surface area contributed by atoms with E-state index >= 15 is 0 Å². The van der Waals surface area contributed by atoms with E-state index < -0.39 is 0 Å². The molecular formula is C9H15NO. The van der Waals surface area contributed by atoms with Gasteiger partial charge in [-0.25, -0.2) is 0 Å². The Morgan fingerprint density at radius 1 is 1.73 bits per heavy atom. The number of Topliss-reactive ketones (excluding diaryl/α,β-unsaturated/α-hetero) is 1. The molecule has 0 heterocycles. The first kappa shape index (κ1) is 8.47. The second-order valence-corrected chi connectivity index (χ2v) is 3.16. The topological polar surface area (TPSA) is 43.1 Å². The zero-order valence-electron chi connectivity index (χ0n) is 6.75. The van der Waals surface area contributed by atoms with E-state index in [0.29, 0.717) is 6.42 Å². The Bertz CT molecular complexity index is 161. The molecule has 62 valence electrons. The van der Waals surface area contributed by atoms with Gasteiger partial charge >= 0.3 is 0 Å². The largest absolute Gasteiger partial charge is 0.321 e. The van der Waals surface area contributed by atoms with Crippen molar-refractivity contribution in [3.05, 3.63) is 12.7 Å². The predicted octanol–water partition coefficient (Wildman–Crippen LogP) is 1.26. The third-order valence-corrected chi connectivity index (χ3v) is 2.29. The van der Waals surface area contributed by atoms with E-state index in [9.17, 15) is 4.79 Å². The van der Waals surface area contributed by atoms with Gasteiger partial charge in [0.15, 0.2) is 5.78 Å². The standard InChI is InChI=1S/C9H15NO/c1-2-4-8(10)9(11)7-5-3-6-7/h2,7-8H,1,3-6,10H2. The monoisotopic (exact) mass is 153 g/mol. The molecule has 2 nitrogen and oxygen atoms in total. The molecule has 11 heavy (non-hydrogen) atoms. The van der Waals surface area contributed by atoms with Crippen LogP contribution in [0.4, 0.5) is 0 Å². The summed E-state index contributed by atoms with van der Waals surface area (Å²) < 4.78 is 0. The van der Waals surface area contributed by atoms with Crippen LogP contribution in [0, 0.1) is 5.92 Å². The molecule has 2 heteroatoms.